The molecule has 13 heavy (non-hydrogen) atoms. The Kier molecular flexibility index (Phi) is 2.98. The highest BCUT2D eigenvalue weighted by atomic mass is 16.5. The van der Waals surface area contributed by atoms with Gasteiger partial charge in [0.25, 0.3) is 0 Å². The molecule has 0 aliphatic rings. The minimum atomic E-state index is -0.336. The molecular weight excluding hydrogens is 168 g/mol. The zero-order valence-electron chi connectivity index (χ0n) is 7.15. The SMILES string of the molecule is COC(=O)Cc1ccc(C#N)cn1. The lowest BCUT2D eigenvalue weighted by molar-refractivity contribution is -0.139. The number of aromatic nitrogens is 1. The van der Waals surface area contributed by atoms with Crippen molar-refractivity contribution in [2.45, 2.75) is 6.42 Å². The lowest BCUT2D eigenvalue weighted by Crippen LogP contribution is -2.05. The van der Waals surface area contributed by atoms with Crippen LogP contribution in [-0.2, 0) is 16.0 Å². The maximum absolute atomic E-state index is 10.8. The molecule has 0 fully saturated rings. The summed E-state index contributed by atoms with van der Waals surface area (Å²) in [6, 6.07) is 5.19. The molecule has 0 unspecified atom stereocenters. The molecule has 1 aromatic heterocycles. The second kappa shape index (κ2) is 4.21. The highest BCUT2D eigenvalue weighted by molar-refractivity contribution is 5.71. The summed E-state index contributed by atoms with van der Waals surface area (Å²) in [7, 11) is 1.33. The van der Waals surface area contributed by atoms with Crippen molar-refractivity contribution in [3.8, 4) is 6.07 Å². The second-order valence-corrected chi connectivity index (χ2v) is 2.40. The first kappa shape index (κ1) is 9.20. The summed E-state index contributed by atoms with van der Waals surface area (Å²) < 4.78 is 4.47. The van der Waals surface area contributed by atoms with Crippen molar-refractivity contribution in [1.82, 2.24) is 4.98 Å². The number of esters is 1. The van der Waals surface area contributed by atoms with Crippen molar-refractivity contribution in [2.24, 2.45) is 0 Å². The number of carbonyl (C=O) groups is 1. The zero-order valence-corrected chi connectivity index (χ0v) is 7.15. The lowest BCUT2D eigenvalue weighted by atomic mass is 10.2. The molecule has 4 nitrogen and oxygen atoms in total. The van der Waals surface area contributed by atoms with Gasteiger partial charge in [0.15, 0.2) is 0 Å². The molecule has 0 aliphatic carbocycles. The average molecular weight is 176 g/mol. The summed E-state index contributed by atoms with van der Waals surface area (Å²) >= 11 is 0. The topological polar surface area (TPSA) is 63.0 Å². The minimum absolute atomic E-state index is 0.141. The van der Waals surface area contributed by atoms with Crippen LogP contribution in [0.3, 0.4) is 0 Å². The van der Waals surface area contributed by atoms with E-state index in [1.807, 2.05) is 6.07 Å². The summed E-state index contributed by atoms with van der Waals surface area (Å²) in [5, 5.41) is 8.47. The number of carbonyl (C=O) groups excluding carboxylic acids is 1. The van der Waals surface area contributed by atoms with E-state index in [0.717, 1.165) is 0 Å². The van der Waals surface area contributed by atoms with Crippen LogP contribution in [0.25, 0.3) is 0 Å². The average Bonchev–Trinajstić information content (AvgIpc) is 2.19. The van der Waals surface area contributed by atoms with Crippen LogP contribution >= 0.6 is 0 Å². The molecule has 1 aromatic rings. The number of nitrogens with zero attached hydrogens (tertiary/aromatic N) is 2. The van der Waals surface area contributed by atoms with E-state index < -0.39 is 0 Å². The van der Waals surface area contributed by atoms with Gasteiger partial charge < -0.3 is 4.74 Å². The molecule has 0 saturated carbocycles. The Morgan fingerprint density at radius 3 is 2.92 bits per heavy atom. The van der Waals surface area contributed by atoms with E-state index in [4.69, 9.17) is 5.26 Å². The largest absolute Gasteiger partial charge is 0.469 e. The van der Waals surface area contributed by atoms with Gasteiger partial charge >= 0.3 is 5.97 Å². The molecular formula is C9H8N2O2. The van der Waals surface area contributed by atoms with Gasteiger partial charge in [0.05, 0.1) is 24.8 Å². The first-order chi connectivity index (χ1) is 6.26. The van der Waals surface area contributed by atoms with E-state index >= 15 is 0 Å². The van der Waals surface area contributed by atoms with Crippen LogP contribution in [0.1, 0.15) is 11.3 Å². The smallest absolute Gasteiger partial charge is 0.311 e. The summed E-state index contributed by atoms with van der Waals surface area (Å²) in [6.07, 6.45) is 1.57. The number of rotatable bonds is 2. The predicted octanol–water partition coefficient (Wildman–Crippen LogP) is 0.669. The maximum atomic E-state index is 10.8. The van der Waals surface area contributed by atoms with Crippen LogP contribution in [0.5, 0.6) is 0 Å². The quantitative estimate of drug-likeness (QED) is 0.621. The van der Waals surface area contributed by atoms with E-state index in [0.29, 0.717) is 11.3 Å². The predicted molar refractivity (Wildman–Crippen MR) is 44.7 cm³/mol. The van der Waals surface area contributed by atoms with Gasteiger partial charge in [-0.15, -0.1) is 0 Å². The van der Waals surface area contributed by atoms with Gasteiger partial charge in [0.2, 0.25) is 0 Å². The van der Waals surface area contributed by atoms with Gasteiger partial charge in [0.1, 0.15) is 6.07 Å². The number of hydrogen-bond acceptors (Lipinski definition) is 4. The molecule has 0 saturated heterocycles. The zero-order chi connectivity index (χ0) is 9.68. The van der Waals surface area contributed by atoms with E-state index in [9.17, 15) is 4.79 Å². The molecule has 0 aliphatic heterocycles. The summed E-state index contributed by atoms with van der Waals surface area (Å²) in [6.45, 7) is 0. The lowest BCUT2D eigenvalue weighted by Gasteiger charge is -1.97. The van der Waals surface area contributed by atoms with E-state index in [2.05, 4.69) is 9.72 Å². The van der Waals surface area contributed by atoms with E-state index in [1.165, 1.54) is 13.3 Å². The maximum Gasteiger partial charge on any atom is 0.311 e. The third kappa shape index (κ3) is 2.56. The molecule has 0 atom stereocenters. The number of nitriles is 1. The van der Waals surface area contributed by atoms with Gasteiger partial charge in [-0.25, -0.2) is 0 Å². The fourth-order valence-electron chi connectivity index (χ4n) is 0.815. The highest BCUT2D eigenvalue weighted by Crippen LogP contribution is 2.00. The standard InChI is InChI=1S/C9H8N2O2/c1-13-9(12)4-8-3-2-7(5-10)6-11-8/h2-3,6H,4H2,1H3. The molecule has 0 amide bonds. The minimum Gasteiger partial charge on any atom is -0.469 e. The Hall–Kier alpha value is -1.89. The monoisotopic (exact) mass is 176 g/mol. The fraction of sp³-hybridized carbons (Fsp3) is 0.222. The fourth-order valence-corrected chi connectivity index (χ4v) is 0.815. The van der Waals surface area contributed by atoms with Crippen molar-refractivity contribution >= 4 is 5.97 Å². The Morgan fingerprint density at radius 2 is 2.46 bits per heavy atom. The van der Waals surface area contributed by atoms with Crippen molar-refractivity contribution in [3.05, 3.63) is 29.6 Å². The number of hydrogen-bond donors (Lipinski definition) is 0. The van der Waals surface area contributed by atoms with Crippen LogP contribution in [0.2, 0.25) is 0 Å². The molecule has 0 aromatic carbocycles. The van der Waals surface area contributed by atoms with Gasteiger partial charge in [-0.2, -0.15) is 5.26 Å². The Labute approximate surface area is 75.8 Å². The Morgan fingerprint density at radius 1 is 1.69 bits per heavy atom. The van der Waals surface area contributed by atoms with E-state index in [-0.39, 0.29) is 12.4 Å². The van der Waals surface area contributed by atoms with Crippen molar-refractivity contribution in [3.63, 3.8) is 0 Å². The molecule has 0 radical (unpaired) electrons. The van der Waals surface area contributed by atoms with Crippen LogP contribution in [0.15, 0.2) is 18.3 Å². The van der Waals surface area contributed by atoms with Gasteiger partial charge in [-0.3, -0.25) is 9.78 Å². The van der Waals surface area contributed by atoms with Crippen molar-refractivity contribution in [1.29, 1.82) is 5.26 Å². The highest BCUT2D eigenvalue weighted by Gasteiger charge is 2.03. The molecule has 0 N–H and O–H groups in total. The van der Waals surface area contributed by atoms with Crippen molar-refractivity contribution in [2.75, 3.05) is 7.11 Å². The number of pyridine rings is 1. The van der Waals surface area contributed by atoms with Crippen LogP contribution in [0.4, 0.5) is 0 Å². The van der Waals surface area contributed by atoms with Crippen molar-refractivity contribution < 1.29 is 9.53 Å². The third-order valence-electron chi connectivity index (χ3n) is 1.51. The number of ether oxygens (including phenoxy) is 1. The molecule has 4 heteroatoms. The van der Waals surface area contributed by atoms with Crippen LogP contribution in [-0.4, -0.2) is 18.1 Å². The molecule has 0 bridgehead atoms. The first-order valence-corrected chi connectivity index (χ1v) is 3.68. The Bertz CT molecular complexity index is 338. The molecule has 1 heterocycles. The molecule has 66 valence electrons. The molecule has 1 rings (SSSR count). The van der Waals surface area contributed by atoms with Gasteiger partial charge in [-0.05, 0) is 12.1 Å². The van der Waals surface area contributed by atoms with E-state index in [1.54, 1.807) is 12.1 Å². The summed E-state index contributed by atoms with van der Waals surface area (Å²) in [4.78, 5) is 14.7. The van der Waals surface area contributed by atoms with Crippen LogP contribution < -0.4 is 0 Å². The normalized spacial score (nSPS) is 8.92. The summed E-state index contributed by atoms with van der Waals surface area (Å²) in [5.74, 6) is -0.336. The van der Waals surface area contributed by atoms with Gasteiger partial charge in [-0.1, -0.05) is 0 Å². The third-order valence-corrected chi connectivity index (χ3v) is 1.51. The number of methoxy groups -OCH3 is 1. The first-order valence-electron chi connectivity index (χ1n) is 3.68. The van der Waals surface area contributed by atoms with Crippen LogP contribution in [0, 0.1) is 11.3 Å². The molecule has 0 spiro atoms. The van der Waals surface area contributed by atoms with Gasteiger partial charge in [0, 0.05) is 6.20 Å². The Balaban J connectivity index is 2.71. The second-order valence-electron chi connectivity index (χ2n) is 2.40. The summed E-state index contributed by atoms with van der Waals surface area (Å²) in [5.41, 5.74) is 1.08.